The largest absolute Gasteiger partial charge is 0.398 e. The minimum Gasteiger partial charge on any atom is -0.398 e. The van der Waals surface area contributed by atoms with E-state index in [-0.39, 0.29) is 30.9 Å². The van der Waals surface area contributed by atoms with Crippen molar-refractivity contribution in [2.75, 3.05) is 23.0 Å². The molecular weight excluding hydrogens is 421 g/mol. The van der Waals surface area contributed by atoms with Gasteiger partial charge in [-0.2, -0.15) is 9.97 Å². The Morgan fingerprint density at radius 1 is 1.12 bits per heavy atom. The molecule has 1 unspecified atom stereocenters. The number of nitrogen functional groups attached to an aromatic ring is 1. The lowest BCUT2D eigenvalue weighted by molar-refractivity contribution is 0.248. The first kappa shape index (κ1) is 22.5. The van der Waals surface area contributed by atoms with Gasteiger partial charge in [-0.3, -0.25) is 0 Å². The van der Waals surface area contributed by atoms with Crippen molar-refractivity contribution in [1.29, 1.82) is 0 Å². The first-order valence-corrected chi connectivity index (χ1v) is 10.9. The number of fused-ring (bicyclic) bond motifs is 1. The highest BCUT2D eigenvalue weighted by atomic mass is 19.1. The number of benzene rings is 2. The van der Waals surface area contributed by atoms with Crippen molar-refractivity contribution < 1.29 is 9.50 Å². The van der Waals surface area contributed by atoms with Gasteiger partial charge in [0.2, 0.25) is 5.95 Å². The van der Waals surface area contributed by atoms with E-state index in [1.807, 2.05) is 48.7 Å². The second-order valence-electron chi connectivity index (χ2n) is 8.30. The molecule has 2 aromatic heterocycles. The van der Waals surface area contributed by atoms with Gasteiger partial charge in [0.15, 0.2) is 17.0 Å². The maximum Gasteiger partial charge on any atom is 0.227 e. The summed E-state index contributed by atoms with van der Waals surface area (Å²) in [5, 5.41) is 16.2. The molecule has 8 nitrogen and oxygen atoms in total. The lowest BCUT2D eigenvalue weighted by Crippen LogP contribution is -2.30. The molecule has 1 atom stereocenters. The lowest BCUT2D eigenvalue weighted by atomic mass is 10.1. The highest BCUT2D eigenvalue weighted by Crippen LogP contribution is 2.24. The Hall–Kier alpha value is -3.72. The van der Waals surface area contributed by atoms with E-state index in [2.05, 4.69) is 20.6 Å². The standard InChI is InChI=1S/C24H28FN7O/c1-15(2)20(13-33)29-24-30-22(27-11-17-10-18(25)8-9-19(17)26)21-23(31-24)32(14-28-21)12-16-6-4-3-5-7-16/h3-10,14-15,20,33H,11-13,26H2,1-2H3,(H2,27,29,30,31). The molecule has 172 valence electrons. The summed E-state index contributed by atoms with van der Waals surface area (Å²) in [5.41, 5.74) is 9.47. The molecule has 0 saturated carbocycles. The lowest BCUT2D eigenvalue weighted by Gasteiger charge is -2.20. The summed E-state index contributed by atoms with van der Waals surface area (Å²) in [5.74, 6) is 0.691. The minimum atomic E-state index is -0.356. The summed E-state index contributed by atoms with van der Waals surface area (Å²) >= 11 is 0. The smallest absolute Gasteiger partial charge is 0.227 e. The van der Waals surface area contributed by atoms with Crippen LogP contribution in [0.25, 0.3) is 11.2 Å². The number of nitrogens with one attached hydrogen (secondary N) is 2. The van der Waals surface area contributed by atoms with Crippen LogP contribution in [0.5, 0.6) is 0 Å². The first-order chi connectivity index (χ1) is 15.9. The number of rotatable bonds is 9. The fraction of sp³-hybridized carbons (Fsp3) is 0.292. The molecular formula is C24H28FN7O. The van der Waals surface area contributed by atoms with Gasteiger partial charge < -0.3 is 26.0 Å². The topological polar surface area (TPSA) is 114 Å². The zero-order chi connectivity index (χ0) is 23.4. The van der Waals surface area contributed by atoms with Crippen LogP contribution >= 0.6 is 0 Å². The zero-order valence-electron chi connectivity index (χ0n) is 18.7. The van der Waals surface area contributed by atoms with Crippen molar-refractivity contribution in [2.45, 2.75) is 33.0 Å². The SMILES string of the molecule is CC(C)C(CO)Nc1nc(NCc2cc(F)ccc2N)c2ncn(Cc3ccccc3)c2n1. The third kappa shape index (κ3) is 5.20. The molecule has 9 heteroatoms. The molecule has 33 heavy (non-hydrogen) atoms. The Labute approximate surface area is 191 Å². The van der Waals surface area contributed by atoms with Crippen molar-refractivity contribution in [3.05, 3.63) is 71.8 Å². The van der Waals surface area contributed by atoms with E-state index in [9.17, 15) is 9.50 Å². The Bertz CT molecular complexity index is 1230. The monoisotopic (exact) mass is 449 g/mol. The molecule has 0 fully saturated rings. The van der Waals surface area contributed by atoms with Crippen LogP contribution in [0.2, 0.25) is 0 Å². The van der Waals surface area contributed by atoms with Crippen LogP contribution in [0.3, 0.4) is 0 Å². The number of hydrogen-bond acceptors (Lipinski definition) is 7. The molecule has 4 aromatic rings. The molecule has 4 rings (SSSR count). The second kappa shape index (κ2) is 9.83. The molecule has 2 heterocycles. The van der Waals surface area contributed by atoms with Crippen LogP contribution in [-0.4, -0.2) is 37.3 Å². The van der Waals surface area contributed by atoms with Crippen molar-refractivity contribution in [2.24, 2.45) is 5.92 Å². The highest BCUT2D eigenvalue weighted by Gasteiger charge is 2.18. The quantitative estimate of drug-likeness (QED) is 0.289. The van der Waals surface area contributed by atoms with E-state index in [0.717, 1.165) is 5.56 Å². The van der Waals surface area contributed by atoms with E-state index in [4.69, 9.17) is 10.7 Å². The van der Waals surface area contributed by atoms with Gasteiger partial charge in [-0.15, -0.1) is 0 Å². The Morgan fingerprint density at radius 2 is 1.91 bits per heavy atom. The second-order valence-corrected chi connectivity index (χ2v) is 8.30. The van der Waals surface area contributed by atoms with Gasteiger partial charge in [0.1, 0.15) is 5.82 Å². The van der Waals surface area contributed by atoms with Gasteiger partial charge in [-0.05, 0) is 35.2 Å². The van der Waals surface area contributed by atoms with Crippen molar-refractivity contribution >= 4 is 28.6 Å². The third-order valence-electron chi connectivity index (χ3n) is 5.53. The summed E-state index contributed by atoms with van der Waals surface area (Å²) in [4.78, 5) is 13.8. The van der Waals surface area contributed by atoms with Gasteiger partial charge >= 0.3 is 0 Å². The van der Waals surface area contributed by atoms with Crippen LogP contribution in [-0.2, 0) is 13.1 Å². The van der Waals surface area contributed by atoms with E-state index in [0.29, 0.717) is 40.7 Å². The van der Waals surface area contributed by atoms with Crippen LogP contribution in [0, 0.1) is 11.7 Å². The van der Waals surface area contributed by atoms with Crippen molar-refractivity contribution in [1.82, 2.24) is 19.5 Å². The molecule has 0 saturated heterocycles. The number of anilines is 3. The number of halogens is 1. The number of aliphatic hydroxyl groups is 1. The molecule has 2 aromatic carbocycles. The van der Waals surface area contributed by atoms with Gasteiger partial charge in [0.25, 0.3) is 0 Å². The number of aliphatic hydroxyl groups excluding tert-OH is 1. The van der Waals surface area contributed by atoms with E-state index < -0.39 is 0 Å². The van der Waals surface area contributed by atoms with Crippen LogP contribution in [0.15, 0.2) is 54.9 Å². The van der Waals surface area contributed by atoms with Crippen LogP contribution in [0.4, 0.5) is 21.8 Å². The van der Waals surface area contributed by atoms with E-state index in [1.54, 1.807) is 6.33 Å². The first-order valence-electron chi connectivity index (χ1n) is 10.9. The van der Waals surface area contributed by atoms with Crippen LogP contribution in [0.1, 0.15) is 25.0 Å². The minimum absolute atomic E-state index is 0.0507. The third-order valence-corrected chi connectivity index (χ3v) is 5.53. The molecule has 0 amide bonds. The molecule has 5 N–H and O–H groups in total. The zero-order valence-corrected chi connectivity index (χ0v) is 18.7. The molecule has 0 aliphatic heterocycles. The van der Waals surface area contributed by atoms with Gasteiger partial charge in [-0.1, -0.05) is 44.2 Å². The van der Waals surface area contributed by atoms with E-state index in [1.165, 1.54) is 18.2 Å². The molecule has 0 aliphatic rings. The average molecular weight is 450 g/mol. The van der Waals surface area contributed by atoms with E-state index >= 15 is 0 Å². The van der Waals surface area contributed by atoms with Crippen molar-refractivity contribution in [3.63, 3.8) is 0 Å². The van der Waals surface area contributed by atoms with Gasteiger partial charge in [0, 0.05) is 12.2 Å². The Morgan fingerprint density at radius 3 is 2.64 bits per heavy atom. The Balaban J connectivity index is 1.71. The average Bonchev–Trinajstić information content (AvgIpc) is 3.21. The Kier molecular flexibility index (Phi) is 6.69. The van der Waals surface area contributed by atoms with Gasteiger partial charge in [-0.25, -0.2) is 9.37 Å². The summed E-state index contributed by atoms with van der Waals surface area (Å²) in [6, 6.07) is 14.1. The fourth-order valence-electron chi connectivity index (χ4n) is 3.52. The number of nitrogens with two attached hydrogens (primary N) is 1. The highest BCUT2D eigenvalue weighted by molar-refractivity contribution is 5.84. The van der Waals surface area contributed by atoms with Crippen LogP contribution < -0.4 is 16.4 Å². The molecule has 0 bridgehead atoms. The summed E-state index contributed by atoms with van der Waals surface area (Å²) in [6.45, 7) is 4.84. The number of imidazole rings is 1. The maximum atomic E-state index is 13.7. The summed E-state index contributed by atoms with van der Waals surface area (Å²) in [6.07, 6.45) is 1.73. The summed E-state index contributed by atoms with van der Waals surface area (Å²) < 4.78 is 15.6. The number of aromatic nitrogens is 4. The molecule has 0 spiro atoms. The normalized spacial score (nSPS) is 12.3. The summed E-state index contributed by atoms with van der Waals surface area (Å²) in [7, 11) is 0. The maximum absolute atomic E-state index is 13.7. The predicted molar refractivity (Wildman–Crippen MR) is 128 cm³/mol. The molecule has 0 aliphatic carbocycles. The number of nitrogens with zero attached hydrogens (tertiary/aromatic N) is 4. The van der Waals surface area contributed by atoms with Gasteiger partial charge in [0.05, 0.1) is 25.5 Å². The fourth-order valence-corrected chi connectivity index (χ4v) is 3.52. The predicted octanol–water partition coefficient (Wildman–Crippen LogP) is 3.64. The molecule has 0 radical (unpaired) electrons. The number of hydrogen-bond donors (Lipinski definition) is 4. The van der Waals surface area contributed by atoms with Crippen molar-refractivity contribution in [3.8, 4) is 0 Å².